The first-order chi connectivity index (χ1) is 42.7. The van der Waals surface area contributed by atoms with Gasteiger partial charge in [0.1, 0.15) is 23.5 Å². The molecule has 458 valence electrons. The molecule has 88 heavy (non-hydrogen) atoms. The number of β-amino-alcohol motifs (C(OH)–C–C–N with tert-alkyl or cyclic N) is 1. The number of nitrogens with zero attached hydrogens (tertiary/aromatic N) is 10. The van der Waals surface area contributed by atoms with Crippen LogP contribution in [0.4, 0.5) is 16.8 Å². The fourth-order valence-corrected chi connectivity index (χ4v) is 15.5. The molecule has 4 atom stereocenters. The zero-order valence-electron chi connectivity index (χ0n) is 50.7. The van der Waals surface area contributed by atoms with Crippen molar-refractivity contribution < 1.29 is 28.8 Å². The molecule has 0 bridgehead atoms. The van der Waals surface area contributed by atoms with Crippen molar-refractivity contribution in [1.29, 1.82) is 0 Å². The number of aromatic nitrogens is 6. The molecule has 0 spiro atoms. The molecule has 13 rings (SSSR count). The Balaban J connectivity index is 0.646. The van der Waals surface area contributed by atoms with Crippen molar-refractivity contribution in [2.24, 2.45) is 11.8 Å². The maximum Gasteiger partial charge on any atom is 0.270 e. The number of aliphatic hydroxyl groups excluding tert-OH is 1. The standard InChI is InChI=1S/C67H77N13O6S2/c1-39(2)60(66(85)79-36-49(81)30-55(79)64(83)70-40(3)44-18-20-46(21-19-44)62-41(4)68-38-87-62)56-31-59(75-86-56)78-34-48(35-78)76-28-25-47(26-29-76)71-65(84)61-50(52-32-69-80(42(52)5)33-43-12-7-6-8-13-43)22-23-58(73-61)77-27-24-45-14-11-15-51(53(45)37-77)63(82)74-67-72-54-16-9-10-17-57(54)88-67/h9-11,14-23,31-32,38-40,43,47-49,55,60,81H,6-8,12-13,24-30,33-37H2,1-5H3,(H,70,83)(H,71,84)(H,72,74,82)/t40-,49+,55-,60-/m0/s1. The lowest BCUT2D eigenvalue weighted by atomic mass is 9.89. The summed E-state index contributed by atoms with van der Waals surface area (Å²) in [5.74, 6) is 0.471. The van der Waals surface area contributed by atoms with E-state index >= 15 is 0 Å². The van der Waals surface area contributed by atoms with Crippen LogP contribution in [-0.2, 0) is 29.1 Å². The number of likely N-dealkylation sites (tertiary alicyclic amines) is 2. The van der Waals surface area contributed by atoms with E-state index in [1.165, 1.54) is 48.3 Å². The third-order valence-corrected chi connectivity index (χ3v) is 20.9. The molecule has 0 unspecified atom stereocenters. The maximum absolute atomic E-state index is 14.9. The number of carbonyl (C=O) groups is 4. The van der Waals surface area contributed by atoms with Gasteiger partial charge in [0, 0.05) is 99.3 Å². The minimum absolute atomic E-state index is 0.0526. The van der Waals surface area contributed by atoms with Crippen molar-refractivity contribution in [3.63, 3.8) is 0 Å². The number of pyridine rings is 1. The number of carbonyl (C=O) groups excluding carboxylic acids is 4. The summed E-state index contributed by atoms with van der Waals surface area (Å²) in [5.41, 5.74) is 11.3. The first-order valence-corrected chi connectivity index (χ1v) is 33.0. The van der Waals surface area contributed by atoms with Crippen LogP contribution in [-0.4, -0.2) is 132 Å². The van der Waals surface area contributed by atoms with Gasteiger partial charge in [0.15, 0.2) is 16.7 Å². The number of hydrogen-bond donors (Lipinski definition) is 4. The molecule has 8 aromatic rings. The number of benzene rings is 3. The Hall–Kier alpha value is -7.85. The number of amides is 4. The molecule has 5 aliphatic rings. The van der Waals surface area contributed by atoms with Crippen LogP contribution in [0.5, 0.6) is 0 Å². The van der Waals surface area contributed by atoms with Gasteiger partial charge in [-0.25, -0.2) is 15.0 Å². The van der Waals surface area contributed by atoms with Crippen molar-refractivity contribution >= 4 is 73.3 Å². The number of fused-ring (bicyclic) bond motifs is 2. The van der Waals surface area contributed by atoms with Gasteiger partial charge >= 0.3 is 0 Å². The molecule has 19 nitrogen and oxygen atoms in total. The summed E-state index contributed by atoms with van der Waals surface area (Å²) < 4.78 is 9.08. The predicted octanol–water partition coefficient (Wildman–Crippen LogP) is 10.3. The quantitative estimate of drug-likeness (QED) is 0.0667. The highest BCUT2D eigenvalue weighted by Crippen LogP contribution is 2.38. The van der Waals surface area contributed by atoms with Gasteiger partial charge in [0.2, 0.25) is 11.8 Å². The van der Waals surface area contributed by atoms with Crippen LogP contribution < -0.4 is 25.8 Å². The zero-order chi connectivity index (χ0) is 60.7. The maximum atomic E-state index is 14.9. The molecule has 3 aromatic carbocycles. The lowest BCUT2D eigenvalue weighted by Crippen LogP contribution is -2.62. The van der Waals surface area contributed by atoms with Gasteiger partial charge in [0.25, 0.3) is 11.8 Å². The van der Waals surface area contributed by atoms with Gasteiger partial charge in [-0.2, -0.15) is 5.10 Å². The van der Waals surface area contributed by atoms with Gasteiger partial charge < -0.3 is 35.0 Å². The molecule has 5 aromatic heterocycles. The van der Waals surface area contributed by atoms with Gasteiger partial charge in [-0.1, -0.05) is 98.1 Å². The number of piperidine rings is 1. The summed E-state index contributed by atoms with van der Waals surface area (Å²) in [5, 5.41) is 30.4. The SMILES string of the molecule is Cc1ncsc1-c1ccc([C@H](C)NC(=O)[C@@H]2C[C@@H](O)CN2C(=O)[C@H](c2cc(N3CC(N4CCC(NC(=O)c5nc(N6CCc7cccc(C(=O)Nc8nc9ccccc9s8)c7C6)ccc5-c5cnn(CC6CCCCC6)c5C)CC4)C3)no2)C(C)C)cc1. The van der Waals surface area contributed by atoms with E-state index in [2.05, 4.69) is 63.4 Å². The first kappa shape index (κ1) is 59.1. The Morgan fingerprint density at radius 3 is 2.38 bits per heavy atom. The van der Waals surface area contributed by atoms with Gasteiger partial charge in [0.05, 0.1) is 44.6 Å². The largest absolute Gasteiger partial charge is 0.391 e. The summed E-state index contributed by atoms with van der Waals surface area (Å²) in [6, 6.07) is 26.8. The predicted molar refractivity (Wildman–Crippen MR) is 343 cm³/mol. The summed E-state index contributed by atoms with van der Waals surface area (Å²) >= 11 is 3.05. The Morgan fingerprint density at radius 2 is 1.61 bits per heavy atom. The molecular weight excluding hydrogens is 1150 g/mol. The second-order valence-electron chi connectivity index (χ2n) is 25.1. The normalized spacial score (nSPS) is 19.4. The minimum Gasteiger partial charge on any atom is -0.391 e. The van der Waals surface area contributed by atoms with E-state index in [9.17, 15) is 24.3 Å². The van der Waals surface area contributed by atoms with Crippen LogP contribution in [0.2, 0.25) is 0 Å². The molecule has 9 heterocycles. The van der Waals surface area contributed by atoms with E-state index in [0.29, 0.717) is 59.2 Å². The summed E-state index contributed by atoms with van der Waals surface area (Å²) in [7, 11) is 0. The lowest BCUT2D eigenvalue weighted by molar-refractivity contribution is -0.141. The number of hydrogen-bond acceptors (Lipinski definition) is 16. The van der Waals surface area contributed by atoms with E-state index in [1.807, 2.05) is 118 Å². The average molecular weight is 1220 g/mol. The third-order valence-electron chi connectivity index (χ3n) is 19.0. The number of thiazole rings is 2. The van der Waals surface area contributed by atoms with Crippen LogP contribution in [0, 0.1) is 25.7 Å². The molecule has 3 saturated heterocycles. The first-order valence-electron chi connectivity index (χ1n) is 31.3. The van der Waals surface area contributed by atoms with Crippen molar-refractivity contribution in [1.82, 2.24) is 50.3 Å². The molecule has 0 radical (unpaired) electrons. The van der Waals surface area contributed by atoms with E-state index in [1.54, 1.807) is 11.3 Å². The Kier molecular flexibility index (Phi) is 17.0. The molecule has 1 saturated carbocycles. The zero-order valence-corrected chi connectivity index (χ0v) is 52.3. The second-order valence-corrected chi connectivity index (χ2v) is 27.0. The monoisotopic (exact) mass is 1220 g/mol. The summed E-state index contributed by atoms with van der Waals surface area (Å²) in [6.07, 6.45) is 9.67. The Bertz CT molecular complexity index is 3820. The average Bonchev–Trinajstić information content (AvgIpc) is 1.99. The van der Waals surface area contributed by atoms with Crippen LogP contribution in [0.3, 0.4) is 0 Å². The van der Waals surface area contributed by atoms with Gasteiger partial charge in [-0.15, -0.1) is 11.3 Å². The van der Waals surface area contributed by atoms with Crippen LogP contribution in [0.25, 0.3) is 31.8 Å². The number of aryl methyl sites for hydroxylation is 1. The second kappa shape index (κ2) is 25.3. The highest BCUT2D eigenvalue weighted by molar-refractivity contribution is 7.22. The number of anilines is 3. The Labute approximate surface area is 520 Å². The molecule has 4 amide bonds. The smallest absolute Gasteiger partial charge is 0.270 e. The minimum atomic E-state index is -0.837. The molecule has 4 aliphatic heterocycles. The fourth-order valence-electron chi connectivity index (χ4n) is 13.8. The van der Waals surface area contributed by atoms with Gasteiger partial charge in [-0.05, 0) is 117 Å². The summed E-state index contributed by atoms with van der Waals surface area (Å²) in [4.78, 5) is 81.0. The fraction of sp³-hybridized carbons (Fsp3) is 0.448. The van der Waals surface area contributed by atoms with E-state index < -0.39 is 18.1 Å². The molecule has 4 N–H and O–H groups in total. The highest BCUT2D eigenvalue weighted by Gasteiger charge is 2.44. The van der Waals surface area contributed by atoms with Crippen LogP contribution in [0.1, 0.15) is 139 Å². The number of rotatable bonds is 17. The number of nitrogens with one attached hydrogen (secondary N) is 3. The summed E-state index contributed by atoms with van der Waals surface area (Å²) in [6.45, 7) is 15.1. The van der Waals surface area contributed by atoms with Gasteiger partial charge in [-0.3, -0.25) is 34.1 Å². The molecular formula is C67H77N13O6S2. The molecule has 4 fully saturated rings. The van der Waals surface area contributed by atoms with Crippen molar-refractivity contribution in [3.8, 4) is 21.6 Å². The van der Waals surface area contributed by atoms with Crippen molar-refractivity contribution in [2.45, 2.75) is 142 Å². The van der Waals surface area contributed by atoms with Crippen molar-refractivity contribution in [3.05, 3.63) is 142 Å². The lowest BCUT2D eigenvalue weighted by Gasteiger charge is -2.47. The molecule has 1 aliphatic carbocycles. The van der Waals surface area contributed by atoms with Crippen molar-refractivity contribution in [2.75, 3.05) is 54.4 Å². The van der Waals surface area contributed by atoms with E-state index in [4.69, 9.17) is 14.6 Å². The number of para-hydroxylation sites is 1. The van der Waals surface area contributed by atoms with Crippen LogP contribution >= 0.6 is 22.7 Å². The van der Waals surface area contributed by atoms with Crippen LogP contribution in [0.15, 0.2) is 101 Å². The van der Waals surface area contributed by atoms with E-state index in [-0.39, 0.29) is 60.6 Å². The third kappa shape index (κ3) is 12.2. The number of aliphatic hydroxyl groups is 1. The topological polar surface area (TPSA) is 220 Å². The Morgan fingerprint density at radius 1 is 0.818 bits per heavy atom. The highest BCUT2D eigenvalue weighted by atomic mass is 32.1. The van der Waals surface area contributed by atoms with E-state index in [0.717, 1.165) is 105 Å². The molecule has 21 heteroatoms.